The summed E-state index contributed by atoms with van der Waals surface area (Å²) in [6.07, 6.45) is 9.59. The van der Waals surface area contributed by atoms with Crippen LogP contribution < -0.4 is 10.1 Å². The minimum absolute atomic E-state index is 0.0462. The number of hydrogen-bond acceptors (Lipinski definition) is 8. The first-order chi connectivity index (χ1) is 17.9. The number of phenols is 3. The molecule has 4 saturated carbocycles. The second-order valence-corrected chi connectivity index (χ2v) is 10.3. The predicted molar refractivity (Wildman–Crippen MR) is 137 cm³/mol. The SMILES string of the molecule is COc1cc(C23CC4CC(CC(C4)C2)C3)cc(O)c1O.OCCNCCN=Cc1ccccc1O.[O]=[V]. The molecule has 0 aliphatic heterocycles. The summed E-state index contributed by atoms with van der Waals surface area (Å²) < 4.78 is 13.4. The molecule has 6 rings (SSSR count). The number of aromatic hydroxyl groups is 3. The van der Waals surface area contributed by atoms with E-state index in [9.17, 15) is 15.3 Å². The normalized spacial score (nSPS) is 25.2. The molecular weight excluding hydrogens is 511 g/mol. The average Bonchev–Trinajstić information content (AvgIpc) is 2.89. The van der Waals surface area contributed by atoms with Crippen LogP contribution in [-0.2, 0) is 26.5 Å². The fourth-order valence-corrected chi connectivity index (χ4v) is 6.63. The van der Waals surface area contributed by atoms with Crippen LogP contribution in [0.2, 0.25) is 0 Å². The van der Waals surface area contributed by atoms with Crippen molar-refractivity contribution in [2.24, 2.45) is 22.7 Å². The Morgan fingerprint density at radius 3 is 2.19 bits per heavy atom. The Kier molecular flexibility index (Phi) is 11.0. The summed E-state index contributed by atoms with van der Waals surface area (Å²) >= 11 is 1.06. The van der Waals surface area contributed by atoms with Gasteiger partial charge in [0.05, 0.1) is 20.3 Å². The summed E-state index contributed by atoms with van der Waals surface area (Å²) in [6, 6.07) is 10.8. The number of nitrogens with one attached hydrogen (secondary N) is 1. The molecule has 0 atom stereocenters. The first-order valence-corrected chi connectivity index (χ1v) is 13.4. The van der Waals surface area contributed by atoms with Crippen LogP contribution in [0.5, 0.6) is 23.0 Å². The van der Waals surface area contributed by atoms with Gasteiger partial charge in [-0.1, -0.05) is 12.1 Å². The molecule has 4 aliphatic carbocycles. The Bertz CT molecular complexity index is 1010. The van der Waals surface area contributed by atoms with Crippen LogP contribution in [0, 0.1) is 17.8 Å². The molecular formula is C28H38N2O6V. The van der Waals surface area contributed by atoms with E-state index >= 15 is 0 Å². The molecule has 4 bridgehead atoms. The summed E-state index contributed by atoms with van der Waals surface area (Å²) in [5.74, 6) is 3.05. The van der Waals surface area contributed by atoms with Crippen LogP contribution in [0.1, 0.15) is 49.7 Å². The summed E-state index contributed by atoms with van der Waals surface area (Å²) in [5.41, 5.74) is 2.11. The molecule has 2 aromatic carbocycles. The van der Waals surface area contributed by atoms with E-state index in [0.29, 0.717) is 18.8 Å². The standard InChI is InChI=1S/C17H22O3.C11H16N2O2.O.V/c1-20-15-6-13(5-14(18)16(15)19)17-7-10-2-11(8-17)4-12(3-10)9-17;14-8-7-12-5-6-13-9-10-3-1-2-4-11(10)15;;/h5-6,10-12,18-19H,2-4,7-9H2,1H3;1-4,9,12,14-15H,5-8H2;;. The molecule has 0 radical (unpaired) electrons. The van der Waals surface area contributed by atoms with Crippen LogP contribution in [0.3, 0.4) is 0 Å². The van der Waals surface area contributed by atoms with Crippen molar-refractivity contribution < 1.29 is 46.2 Å². The molecule has 37 heavy (non-hydrogen) atoms. The zero-order valence-corrected chi connectivity index (χ0v) is 22.7. The number of benzene rings is 2. The molecule has 4 fully saturated rings. The van der Waals surface area contributed by atoms with E-state index in [1.54, 1.807) is 30.5 Å². The van der Waals surface area contributed by atoms with Gasteiger partial charge in [-0.2, -0.15) is 0 Å². The van der Waals surface area contributed by atoms with Crippen LogP contribution >= 0.6 is 0 Å². The number of hydrogen-bond donors (Lipinski definition) is 5. The maximum absolute atomic E-state index is 9.98. The van der Waals surface area contributed by atoms with Crippen molar-refractivity contribution in [3.63, 3.8) is 0 Å². The second kappa shape index (κ2) is 14.0. The van der Waals surface area contributed by atoms with Crippen LogP contribution in [0.4, 0.5) is 0 Å². The third-order valence-corrected chi connectivity index (χ3v) is 7.80. The number of nitrogens with zero attached hydrogens (tertiary/aromatic N) is 1. The number of ether oxygens (including phenoxy) is 1. The number of methoxy groups -OCH3 is 1. The van der Waals surface area contributed by atoms with Crippen molar-refractivity contribution in [2.45, 2.75) is 43.9 Å². The number of phenolic OH excluding ortho intramolecular Hbond substituents is 3. The molecule has 0 saturated heterocycles. The molecule has 4 aliphatic rings. The average molecular weight is 550 g/mol. The van der Waals surface area contributed by atoms with E-state index in [1.807, 2.05) is 12.1 Å². The molecule has 0 amide bonds. The summed E-state index contributed by atoms with van der Waals surface area (Å²) in [4.78, 5) is 4.15. The van der Waals surface area contributed by atoms with Gasteiger partial charge in [0.2, 0.25) is 5.75 Å². The Balaban J connectivity index is 0.000000201. The molecule has 0 unspecified atom stereocenters. The van der Waals surface area contributed by atoms with E-state index in [4.69, 9.17) is 13.5 Å². The predicted octanol–water partition coefficient (Wildman–Crippen LogP) is 3.85. The van der Waals surface area contributed by atoms with E-state index in [2.05, 4.69) is 10.3 Å². The molecule has 8 nitrogen and oxygen atoms in total. The van der Waals surface area contributed by atoms with Crippen LogP contribution in [-0.4, -0.2) is 60.0 Å². The molecule has 0 spiro atoms. The van der Waals surface area contributed by atoms with Crippen LogP contribution in [0.25, 0.3) is 0 Å². The summed E-state index contributed by atoms with van der Waals surface area (Å²) in [6.45, 7) is 2.09. The van der Waals surface area contributed by atoms with Gasteiger partial charge in [-0.05, 0) is 91.5 Å². The van der Waals surface area contributed by atoms with Gasteiger partial charge in [0.1, 0.15) is 5.75 Å². The number of para-hydroxylation sites is 1. The van der Waals surface area contributed by atoms with Crippen molar-refractivity contribution in [3.05, 3.63) is 47.5 Å². The van der Waals surface area contributed by atoms with Crippen molar-refractivity contribution in [3.8, 4) is 23.0 Å². The minimum atomic E-state index is -0.138. The zero-order valence-electron chi connectivity index (χ0n) is 21.3. The monoisotopic (exact) mass is 549 g/mol. The van der Waals surface area contributed by atoms with Gasteiger partial charge in [0.15, 0.2) is 11.5 Å². The number of aliphatic imine (C=N–C) groups is 1. The number of aliphatic hydroxyl groups excluding tert-OH is 1. The Morgan fingerprint density at radius 2 is 1.62 bits per heavy atom. The molecule has 0 heterocycles. The van der Waals surface area contributed by atoms with E-state index < -0.39 is 0 Å². The van der Waals surface area contributed by atoms with E-state index in [1.165, 1.54) is 51.2 Å². The third kappa shape index (κ3) is 7.35. The van der Waals surface area contributed by atoms with Crippen molar-refractivity contribution >= 4 is 6.21 Å². The Hall–Kier alpha value is -2.39. The molecule has 9 heteroatoms. The molecule has 201 valence electrons. The van der Waals surface area contributed by atoms with Crippen molar-refractivity contribution in [1.29, 1.82) is 0 Å². The van der Waals surface area contributed by atoms with Crippen molar-refractivity contribution in [1.82, 2.24) is 5.32 Å². The first-order valence-electron chi connectivity index (χ1n) is 12.8. The first kappa shape index (κ1) is 29.2. The quantitative estimate of drug-likeness (QED) is 0.192. The van der Waals surface area contributed by atoms with Gasteiger partial charge < -0.3 is 30.5 Å². The van der Waals surface area contributed by atoms with Gasteiger partial charge in [0.25, 0.3) is 0 Å². The van der Waals surface area contributed by atoms with Gasteiger partial charge in [-0.3, -0.25) is 4.99 Å². The topological polar surface area (TPSA) is 132 Å². The fourth-order valence-electron chi connectivity index (χ4n) is 6.63. The Labute approximate surface area is 228 Å². The Morgan fingerprint density at radius 1 is 1.00 bits per heavy atom. The van der Waals surface area contributed by atoms with Gasteiger partial charge in [0, 0.05) is 24.9 Å². The van der Waals surface area contributed by atoms with Gasteiger partial charge >= 0.3 is 21.0 Å². The maximum atomic E-state index is 9.98. The van der Waals surface area contributed by atoms with E-state index in [0.717, 1.165) is 47.2 Å². The van der Waals surface area contributed by atoms with Crippen LogP contribution in [0.15, 0.2) is 41.4 Å². The number of aliphatic hydroxyl groups is 1. The second-order valence-electron chi connectivity index (χ2n) is 10.3. The summed E-state index contributed by atoms with van der Waals surface area (Å²) in [5, 5.41) is 40.7. The fraction of sp³-hybridized carbons (Fsp3) is 0.536. The number of rotatable bonds is 8. The van der Waals surface area contributed by atoms with Gasteiger partial charge in [-0.15, -0.1) is 0 Å². The van der Waals surface area contributed by atoms with E-state index in [-0.39, 0.29) is 29.3 Å². The zero-order chi connectivity index (χ0) is 26.8. The molecule has 2 aromatic rings. The summed E-state index contributed by atoms with van der Waals surface area (Å²) in [7, 11) is 1.54. The molecule has 0 aromatic heterocycles. The van der Waals surface area contributed by atoms with Crippen molar-refractivity contribution in [2.75, 3.05) is 33.4 Å². The third-order valence-electron chi connectivity index (χ3n) is 7.80. The van der Waals surface area contributed by atoms with Gasteiger partial charge in [-0.25, -0.2) is 0 Å². The molecule has 5 N–H and O–H groups in total.